The van der Waals surface area contributed by atoms with Crippen molar-refractivity contribution in [3.05, 3.63) is 12.2 Å². The number of unbranched alkanes of at least 4 members (excludes halogenated alkanes) is 13. The first-order valence-electron chi connectivity index (χ1n) is 10.1. The fourth-order valence-electron chi connectivity index (χ4n) is 2.75. The van der Waals surface area contributed by atoms with Crippen LogP contribution in [0.15, 0.2) is 12.2 Å². The van der Waals surface area contributed by atoms with E-state index in [0.29, 0.717) is 6.61 Å². The van der Waals surface area contributed by atoms with Crippen molar-refractivity contribution in [3.8, 4) is 0 Å². The second-order valence-corrected chi connectivity index (χ2v) is 6.63. The lowest BCUT2D eigenvalue weighted by molar-refractivity contribution is -0.141. The predicted molar refractivity (Wildman–Crippen MR) is 101 cm³/mol. The summed E-state index contributed by atoms with van der Waals surface area (Å²) in [6.07, 6.45) is 24.5. The molecular formula is C21H40O2. The van der Waals surface area contributed by atoms with Crippen LogP contribution in [0.3, 0.4) is 0 Å². The molecule has 0 amide bonds. The van der Waals surface area contributed by atoms with Crippen molar-refractivity contribution in [2.75, 3.05) is 6.61 Å². The molecule has 0 aromatic carbocycles. The molecule has 0 saturated heterocycles. The van der Waals surface area contributed by atoms with Crippen LogP contribution < -0.4 is 0 Å². The average molecular weight is 325 g/mol. The van der Waals surface area contributed by atoms with Crippen LogP contribution in [0.25, 0.3) is 0 Å². The number of hydrogen-bond donors (Lipinski definition) is 0. The second-order valence-electron chi connectivity index (χ2n) is 6.63. The molecular weight excluding hydrogens is 284 g/mol. The molecule has 2 nitrogen and oxygen atoms in total. The topological polar surface area (TPSA) is 26.3 Å². The molecule has 136 valence electrons. The SMILES string of the molecule is CCC/C=C\CCCCCCCCCCCCCCOC(C)=O. The largest absolute Gasteiger partial charge is 0.466 e. The maximum absolute atomic E-state index is 10.6. The van der Waals surface area contributed by atoms with Crippen LogP contribution in [0.2, 0.25) is 0 Å². The minimum absolute atomic E-state index is 0.155. The van der Waals surface area contributed by atoms with Gasteiger partial charge in [0.2, 0.25) is 0 Å². The van der Waals surface area contributed by atoms with Crippen LogP contribution in [0.1, 0.15) is 110 Å². The normalized spacial score (nSPS) is 11.2. The number of rotatable bonds is 17. The van der Waals surface area contributed by atoms with Crippen LogP contribution in [-0.4, -0.2) is 12.6 Å². The Hall–Kier alpha value is -0.790. The van der Waals surface area contributed by atoms with Crippen LogP contribution >= 0.6 is 0 Å². The summed E-state index contributed by atoms with van der Waals surface area (Å²) in [7, 11) is 0. The molecule has 0 atom stereocenters. The van der Waals surface area contributed by atoms with Crippen LogP contribution in [0.5, 0.6) is 0 Å². The van der Waals surface area contributed by atoms with Gasteiger partial charge in [0.1, 0.15) is 0 Å². The smallest absolute Gasteiger partial charge is 0.302 e. The minimum Gasteiger partial charge on any atom is -0.466 e. The van der Waals surface area contributed by atoms with Crippen molar-refractivity contribution in [1.29, 1.82) is 0 Å². The van der Waals surface area contributed by atoms with E-state index in [1.807, 2.05) is 0 Å². The Morgan fingerprint density at radius 1 is 0.696 bits per heavy atom. The molecule has 0 aliphatic rings. The van der Waals surface area contributed by atoms with Crippen LogP contribution in [0.4, 0.5) is 0 Å². The number of carbonyl (C=O) groups excluding carboxylic acids is 1. The molecule has 0 aliphatic carbocycles. The molecule has 2 heteroatoms. The summed E-state index contributed by atoms with van der Waals surface area (Å²) in [4.78, 5) is 10.6. The Morgan fingerprint density at radius 2 is 1.13 bits per heavy atom. The quantitative estimate of drug-likeness (QED) is 0.164. The van der Waals surface area contributed by atoms with Crippen molar-refractivity contribution in [1.82, 2.24) is 0 Å². The summed E-state index contributed by atoms with van der Waals surface area (Å²) in [5, 5.41) is 0. The fourth-order valence-corrected chi connectivity index (χ4v) is 2.75. The first kappa shape index (κ1) is 22.2. The molecule has 0 aromatic heterocycles. The standard InChI is InChI=1S/C21H40O2/c1-3-4-5-6-7-8-9-10-11-12-13-14-15-16-17-18-19-20-23-21(2)22/h5-6H,3-4,7-20H2,1-2H3/b6-5-. The van der Waals surface area contributed by atoms with E-state index >= 15 is 0 Å². The first-order chi connectivity index (χ1) is 11.3. The van der Waals surface area contributed by atoms with Crippen LogP contribution in [0, 0.1) is 0 Å². The average Bonchev–Trinajstić information content (AvgIpc) is 2.53. The minimum atomic E-state index is -0.155. The van der Waals surface area contributed by atoms with Gasteiger partial charge < -0.3 is 4.74 Å². The van der Waals surface area contributed by atoms with E-state index in [0.717, 1.165) is 6.42 Å². The third-order valence-electron chi connectivity index (χ3n) is 4.19. The predicted octanol–water partition coefficient (Wildman–Crippen LogP) is 6.98. The van der Waals surface area contributed by atoms with E-state index in [9.17, 15) is 4.79 Å². The summed E-state index contributed by atoms with van der Waals surface area (Å²) in [5.41, 5.74) is 0. The first-order valence-corrected chi connectivity index (χ1v) is 10.1. The Kier molecular flexibility index (Phi) is 18.6. The van der Waals surface area contributed by atoms with E-state index in [4.69, 9.17) is 4.74 Å². The molecule has 0 rings (SSSR count). The van der Waals surface area contributed by atoms with Crippen LogP contribution in [-0.2, 0) is 9.53 Å². The highest BCUT2D eigenvalue weighted by molar-refractivity contribution is 5.65. The lowest BCUT2D eigenvalue weighted by atomic mass is 10.0. The highest BCUT2D eigenvalue weighted by Gasteiger charge is 1.95. The lowest BCUT2D eigenvalue weighted by Crippen LogP contribution is -2.00. The fraction of sp³-hybridized carbons (Fsp3) is 0.857. The van der Waals surface area contributed by atoms with Crippen molar-refractivity contribution < 1.29 is 9.53 Å². The molecule has 0 saturated carbocycles. The third kappa shape index (κ3) is 21.2. The summed E-state index contributed by atoms with van der Waals surface area (Å²) in [6, 6.07) is 0. The highest BCUT2D eigenvalue weighted by atomic mass is 16.5. The summed E-state index contributed by atoms with van der Waals surface area (Å²) in [6.45, 7) is 4.31. The van der Waals surface area contributed by atoms with Crippen molar-refractivity contribution in [2.45, 2.75) is 110 Å². The highest BCUT2D eigenvalue weighted by Crippen LogP contribution is 2.12. The number of hydrogen-bond acceptors (Lipinski definition) is 2. The van der Waals surface area contributed by atoms with E-state index < -0.39 is 0 Å². The number of ether oxygens (including phenoxy) is 1. The zero-order valence-corrected chi connectivity index (χ0v) is 15.8. The van der Waals surface area contributed by atoms with Gasteiger partial charge in [-0.2, -0.15) is 0 Å². The molecule has 0 aromatic rings. The van der Waals surface area contributed by atoms with E-state index in [2.05, 4.69) is 19.1 Å². The Bertz CT molecular complexity index is 271. The Labute approximate surface area is 145 Å². The summed E-state index contributed by atoms with van der Waals surface area (Å²) < 4.78 is 4.92. The molecule has 23 heavy (non-hydrogen) atoms. The molecule has 0 radical (unpaired) electrons. The van der Waals surface area contributed by atoms with Gasteiger partial charge in [0.15, 0.2) is 0 Å². The maximum atomic E-state index is 10.6. The Balaban J connectivity index is 3.01. The molecule has 0 aliphatic heterocycles. The van der Waals surface area contributed by atoms with E-state index in [1.54, 1.807) is 0 Å². The van der Waals surface area contributed by atoms with Crippen molar-refractivity contribution in [2.24, 2.45) is 0 Å². The Morgan fingerprint density at radius 3 is 1.61 bits per heavy atom. The van der Waals surface area contributed by atoms with Crippen molar-refractivity contribution >= 4 is 5.97 Å². The van der Waals surface area contributed by atoms with Gasteiger partial charge in [-0.05, 0) is 25.7 Å². The number of allylic oxidation sites excluding steroid dienone is 2. The van der Waals surface area contributed by atoms with Gasteiger partial charge in [-0.25, -0.2) is 0 Å². The molecule has 0 fully saturated rings. The zero-order valence-electron chi connectivity index (χ0n) is 15.8. The maximum Gasteiger partial charge on any atom is 0.302 e. The molecule has 0 heterocycles. The van der Waals surface area contributed by atoms with Gasteiger partial charge in [0, 0.05) is 6.92 Å². The molecule has 0 N–H and O–H groups in total. The summed E-state index contributed by atoms with van der Waals surface area (Å²) in [5.74, 6) is -0.155. The van der Waals surface area contributed by atoms with Gasteiger partial charge in [-0.3, -0.25) is 4.79 Å². The lowest BCUT2D eigenvalue weighted by Gasteiger charge is -2.03. The zero-order chi connectivity index (χ0) is 17.0. The van der Waals surface area contributed by atoms with Gasteiger partial charge in [-0.1, -0.05) is 89.7 Å². The molecule has 0 spiro atoms. The van der Waals surface area contributed by atoms with Gasteiger partial charge in [0.25, 0.3) is 0 Å². The summed E-state index contributed by atoms with van der Waals surface area (Å²) >= 11 is 0. The second kappa shape index (κ2) is 19.3. The number of carbonyl (C=O) groups is 1. The van der Waals surface area contributed by atoms with Gasteiger partial charge in [-0.15, -0.1) is 0 Å². The monoisotopic (exact) mass is 324 g/mol. The van der Waals surface area contributed by atoms with Gasteiger partial charge in [0.05, 0.1) is 6.61 Å². The molecule has 0 bridgehead atoms. The van der Waals surface area contributed by atoms with E-state index in [1.165, 1.54) is 96.8 Å². The van der Waals surface area contributed by atoms with Gasteiger partial charge >= 0.3 is 5.97 Å². The number of esters is 1. The van der Waals surface area contributed by atoms with Crippen molar-refractivity contribution in [3.63, 3.8) is 0 Å². The van der Waals surface area contributed by atoms with E-state index in [-0.39, 0.29) is 5.97 Å². The molecule has 0 unspecified atom stereocenters. The third-order valence-corrected chi connectivity index (χ3v) is 4.19.